The Hall–Kier alpha value is -0.810. The van der Waals surface area contributed by atoms with Gasteiger partial charge in [-0.1, -0.05) is 13.8 Å². The number of rotatable bonds is 5. The van der Waals surface area contributed by atoms with Gasteiger partial charge < -0.3 is 10.2 Å². The Bertz CT molecular complexity index is 435. The maximum atomic E-state index is 14.3. The van der Waals surface area contributed by atoms with Crippen LogP contribution >= 0.6 is 11.8 Å². The Morgan fingerprint density at radius 2 is 1.90 bits per heavy atom. The van der Waals surface area contributed by atoms with Gasteiger partial charge in [-0.3, -0.25) is 0 Å². The van der Waals surface area contributed by atoms with Crippen LogP contribution in [0.25, 0.3) is 0 Å². The molecule has 0 radical (unpaired) electrons. The molecule has 1 heterocycles. The van der Waals surface area contributed by atoms with Crippen molar-refractivity contribution in [1.29, 1.82) is 0 Å². The lowest BCUT2D eigenvalue weighted by Crippen LogP contribution is -2.28. The Morgan fingerprint density at radius 1 is 1.19 bits per heavy atom. The molecule has 1 N–H and O–H groups in total. The van der Waals surface area contributed by atoms with E-state index in [1.807, 2.05) is 16.7 Å². The SMILES string of the molecule is CC(C)CNCc1cc(F)c(N2CCCSCC2)c(F)c1. The van der Waals surface area contributed by atoms with Crippen LogP contribution in [-0.2, 0) is 6.54 Å². The molecule has 1 aliphatic rings. The Labute approximate surface area is 130 Å². The molecule has 0 amide bonds. The van der Waals surface area contributed by atoms with Gasteiger partial charge in [0, 0.05) is 25.4 Å². The highest BCUT2D eigenvalue weighted by atomic mass is 32.2. The van der Waals surface area contributed by atoms with Gasteiger partial charge in [0.1, 0.15) is 17.3 Å². The predicted molar refractivity (Wildman–Crippen MR) is 87.1 cm³/mol. The normalized spacial score (nSPS) is 16.3. The number of thioether (sulfide) groups is 1. The smallest absolute Gasteiger partial charge is 0.149 e. The largest absolute Gasteiger partial charge is 0.366 e. The topological polar surface area (TPSA) is 15.3 Å². The Kier molecular flexibility index (Phi) is 6.30. The summed E-state index contributed by atoms with van der Waals surface area (Å²) in [4.78, 5) is 1.84. The average Bonchev–Trinajstić information content (AvgIpc) is 2.66. The van der Waals surface area contributed by atoms with Gasteiger partial charge >= 0.3 is 0 Å². The van der Waals surface area contributed by atoms with E-state index < -0.39 is 11.6 Å². The minimum absolute atomic E-state index is 0.144. The zero-order valence-corrected chi connectivity index (χ0v) is 13.6. The molecule has 21 heavy (non-hydrogen) atoms. The van der Waals surface area contributed by atoms with E-state index >= 15 is 0 Å². The van der Waals surface area contributed by atoms with E-state index in [1.165, 1.54) is 12.1 Å². The summed E-state index contributed by atoms with van der Waals surface area (Å²) in [6, 6.07) is 2.92. The molecule has 1 aliphatic heterocycles. The van der Waals surface area contributed by atoms with Crippen molar-refractivity contribution in [3.8, 4) is 0 Å². The van der Waals surface area contributed by atoms with Gasteiger partial charge in [-0.25, -0.2) is 8.78 Å². The fourth-order valence-corrected chi connectivity index (χ4v) is 3.38. The second-order valence-electron chi connectivity index (χ2n) is 5.89. The highest BCUT2D eigenvalue weighted by Crippen LogP contribution is 2.27. The number of nitrogens with zero attached hydrogens (tertiary/aromatic N) is 1. The lowest BCUT2D eigenvalue weighted by atomic mass is 10.1. The van der Waals surface area contributed by atoms with Gasteiger partial charge in [-0.05, 0) is 42.3 Å². The Balaban J connectivity index is 2.09. The van der Waals surface area contributed by atoms with Crippen molar-refractivity contribution in [2.45, 2.75) is 26.8 Å². The van der Waals surface area contributed by atoms with E-state index in [-0.39, 0.29) is 5.69 Å². The second kappa shape index (κ2) is 7.99. The van der Waals surface area contributed by atoms with Crippen LogP contribution in [-0.4, -0.2) is 31.1 Å². The van der Waals surface area contributed by atoms with Crippen LogP contribution in [0.2, 0.25) is 0 Å². The summed E-state index contributed by atoms with van der Waals surface area (Å²) in [5.41, 5.74) is 0.809. The van der Waals surface area contributed by atoms with Crippen molar-refractivity contribution in [1.82, 2.24) is 5.32 Å². The molecular formula is C16H24F2N2S. The van der Waals surface area contributed by atoms with Gasteiger partial charge in [-0.15, -0.1) is 0 Å². The number of nitrogens with one attached hydrogen (secondary N) is 1. The first-order valence-corrected chi connectivity index (χ1v) is 8.74. The fourth-order valence-electron chi connectivity index (χ4n) is 2.50. The van der Waals surface area contributed by atoms with E-state index in [4.69, 9.17) is 0 Å². The molecule has 1 fully saturated rings. The summed E-state index contributed by atoms with van der Waals surface area (Å²) in [7, 11) is 0. The molecule has 0 spiro atoms. The summed E-state index contributed by atoms with van der Waals surface area (Å²) >= 11 is 1.85. The predicted octanol–water partition coefficient (Wildman–Crippen LogP) is 3.65. The van der Waals surface area contributed by atoms with Gasteiger partial charge in [0.25, 0.3) is 0 Å². The first kappa shape index (κ1) is 16.6. The summed E-state index contributed by atoms with van der Waals surface area (Å²) < 4.78 is 28.6. The maximum Gasteiger partial charge on any atom is 0.149 e. The molecular weight excluding hydrogens is 290 g/mol. The van der Waals surface area contributed by atoms with Gasteiger partial charge in [0.05, 0.1) is 0 Å². The zero-order valence-electron chi connectivity index (χ0n) is 12.8. The Morgan fingerprint density at radius 3 is 2.57 bits per heavy atom. The molecule has 0 atom stereocenters. The van der Waals surface area contributed by atoms with Gasteiger partial charge in [-0.2, -0.15) is 11.8 Å². The second-order valence-corrected chi connectivity index (χ2v) is 7.11. The van der Waals surface area contributed by atoms with E-state index in [0.717, 1.165) is 31.0 Å². The summed E-state index contributed by atoms with van der Waals surface area (Å²) in [5.74, 6) is 1.63. The highest BCUT2D eigenvalue weighted by Gasteiger charge is 2.19. The van der Waals surface area contributed by atoms with Crippen molar-refractivity contribution in [3.05, 3.63) is 29.3 Å². The summed E-state index contributed by atoms with van der Waals surface area (Å²) in [5, 5.41) is 3.21. The minimum atomic E-state index is -0.441. The van der Waals surface area contributed by atoms with Crippen LogP contribution in [0.1, 0.15) is 25.8 Å². The van der Waals surface area contributed by atoms with Crippen LogP contribution in [0, 0.1) is 17.6 Å². The quantitative estimate of drug-likeness (QED) is 0.893. The molecule has 1 aromatic carbocycles. The lowest BCUT2D eigenvalue weighted by Gasteiger charge is -2.24. The molecule has 118 valence electrons. The third-order valence-electron chi connectivity index (χ3n) is 3.50. The average molecular weight is 314 g/mol. The van der Waals surface area contributed by atoms with Crippen molar-refractivity contribution < 1.29 is 8.78 Å². The third-order valence-corrected chi connectivity index (χ3v) is 4.55. The first-order chi connectivity index (χ1) is 10.1. The standard InChI is InChI=1S/C16H24F2N2S/c1-12(2)10-19-11-13-8-14(17)16(15(18)9-13)20-4-3-6-21-7-5-20/h8-9,12,19H,3-7,10-11H2,1-2H3. The van der Waals surface area contributed by atoms with Crippen LogP contribution < -0.4 is 10.2 Å². The van der Waals surface area contributed by atoms with Crippen molar-refractivity contribution in [2.75, 3.05) is 36.0 Å². The number of benzene rings is 1. The van der Waals surface area contributed by atoms with E-state index in [1.54, 1.807) is 0 Å². The number of anilines is 1. The number of hydrogen-bond acceptors (Lipinski definition) is 3. The van der Waals surface area contributed by atoms with Crippen LogP contribution in [0.5, 0.6) is 0 Å². The maximum absolute atomic E-state index is 14.3. The molecule has 5 heteroatoms. The molecule has 0 saturated carbocycles. The molecule has 0 aromatic heterocycles. The molecule has 0 bridgehead atoms. The number of halogens is 2. The zero-order chi connectivity index (χ0) is 15.2. The summed E-state index contributed by atoms with van der Waals surface area (Å²) in [6.07, 6.45) is 0.973. The molecule has 2 nitrogen and oxygen atoms in total. The lowest BCUT2D eigenvalue weighted by molar-refractivity contribution is 0.541. The molecule has 0 unspecified atom stereocenters. The fraction of sp³-hybridized carbons (Fsp3) is 0.625. The van der Waals surface area contributed by atoms with Crippen molar-refractivity contribution in [3.63, 3.8) is 0 Å². The van der Waals surface area contributed by atoms with Crippen LogP contribution in [0.4, 0.5) is 14.5 Å². The van der Waals surface area contributed by atoms with E-state index in [0.29, 0.717) is 24.6 Å². The molecule has 1 saturated heterocycles. The van der Waals surface area contributed by atoms with Crippen molar-refractivity contribution >= 4 is 17.4 Å². The highest BCUT2D eigenvalue weighted by molar-refractivity contribution is 7.99. The molecule has 0 aliphatic carbocycles. The number of hydrogen-bond donors (Lipinski definition) is 1. The first-order valence-electron chi connectivity index (χ1n) is 7.59. The van der Waals surface area contributed by atoms with E-state index in [9.17, 15) is 8.78 Å². The summed E-state index contributed by atoms with van der Waals surface area (Å²) in [6.45, 7) is 6.99. The van der Waals surface area contributed by atoms with Crippen LogP contribution in [0.3, 0.4) is 0 Å². The van der Waals surface area contributed by atoms with E-state index in [2.05, 4.69) is 19.2 Å². The van der Waals surface area contributed by atoms with Crippen LogP contribution in [0.15, 0.2) is 12.1 Å². The molecule has 1 aromatic rings. The van der Waals surface area contributed by atoms with Crippen molar-refractivity contribution in [2.24, 2.45) is 5.92 Å². The third kappa shape index (κ3) is 4.85. The minimum Gasteiger partial charge on any atom is -0.366 e. The monoisotopic (exact) mass is 314 g/mol. The van der Waals surface area contributed by atoms with Gasteiger partial charge in [0.2, 0.25) is 0 Å². The molecule has 2 rings (SSSR count). The van der Waals surface area contributed by atoms with Gasteiger partial charge in [0.15, 0.2) is 0 Å².